The van der Waals surface area contributed by atoms with E-state index in [4.69, 9.17) is 23.2 Å². The van der Waals surface area contributed by atoms with Crippen molar-refractivity contribution >= 4 is 45.6 Å². The van der Waals surface area contributed by atoms with Crippen molar-refractivity contribution in [2.24, 2.45) is 0 Å². The highest BCUT2D eigenvalue weighted by molar-refractivity contribution is 6.44. The number of hydrogen-bond acceptors (Lipinski definition) is 5. The molecule has 19 heavy (non-hydrogen) atoms. The fourth-order valence-electron chi connectivity index (χ4n) is 1.60. The van der Waals surface area contributed by atoms with Gasteiger partial charge in [-0.05, 0) is 4.92 Å². The summed E-state index contributed by atoms with van der Waals surface area (Å²) >= 11 is 11.4. The number of halogens is 2. The smallest absolute Gasteiger partial charge is 0.325 e. The maximum Gasteiger partial charge on any atom is 0.325 e. The number of nitro groups is 2. The van der Waals surface area contributed by atoms with E-state index in [9.17, 15) is 25.0 Å². The zero-order valence-corrected chi connectivity index (χ0v) is 10.4. The first-order valence-corrected chi connectivity index (χ1v) is 5.42. The number of pyridine rings is 1. The van der Waals surface area contributed by atoms with Crippen molar-refractivity contribution in [2.75, 3.05) is 0 Å². The van der Waals surface area contributed by atoms with Crippen molar-refractivity contribution < 1.29 is 9.85 Å². The van der Waals surface area contributed by atoms with Gasteiger partial charge in [-0.25, -0.2) is 4.98 Å². The van der Waals surface area contributed by atoms with Crippen molar-refractivity contribution in [3.63, 3.8) is 0 Å². The number of benzene rings is 1. The van der Waals surface area contributed by atoms with Gasteiger partial charge < -0.3 is 10.1 Å². The highest BCUT2D eigenvalue weighted by atomic mass is 35.5. The van der Waals surface area contributed by atoms with E-state index in [1.165, 1.54) is 0 Å². The van der Waals surface area contributed by atoms with Gasteiger partial charge in [0.15, 0.2) is 0 Å². The van der Waals surface area contributed by atoms with Gasteiger partial charge >= 0.3 is 11.5 Å². The fourth-order valence-corrected chi connectivity index (χ4v) is 2.02. The molecule has 1 aromatic heterocycles. The number of hydrogen-bond donors (Lipinski definition) is 1. The first kappa shape index (κ1) is 13.2. The van der Waals surface area contributed by atoms with E-state index < -0.39 is 31.8 Å². The Kier molecular flexibility index (Phi) is 3.13. The number of H-pyrrole nitrogens is 1. The summed E-state index contributed by atoms with van der Waals surface area (Å²) in [6.07, 6.45) is 0. The maximum atomic E-state index is 11.8. The van der Waals surface area contributed by atoms with Crippen molar-refractivity contribution in [1.29, 1.82) is 0 Å². The quantitative estimate of drug-likeness (QED) is 0.675. The zero-order chi connectivity index (χ0) is 14.3. The molecule has 2 rings (SSSR count). The van der Waals surface area contributed by atoms with Gasteiger partial charge in [0.2, 0.25) is 5.43 Å². The van der Waals surface area contributed by atoms with E-state index in [0.29, 0.717) is 6.07 Å². The standard InChI is InChI=1S/C9H3Cl2N3O5/c10-3-1-4-7(9(8(3)11)14(18)19)5(15)2-6(12-4)13(16)17/h1-2H,(H,12,15). The van der Waals surface area contributed by atoms with Crippen LogP contribution < -0.4 is 5.43 Å². The average Bonchev–Trinajstić information content (AvgIpc) is 2.30. The molecule has 0 amide bonds. The van der Waals surface area contributed by atoms with Gasteiger partial charge in [0.1, 0.15) is 15.9 Å². The molecular formula is C9H3Cl2N3O5. The van der Waals surface area contributed by atoms with Gasteiger partial charge in [0.25, 0.3) is 0 Å². The second-order valence-corrected chi connectivity index (χ2v) is 4.26. The lowest BCUT2D eigenvalue weighted by atomic mass is 10.1. The molecule has 0 atom stereocenters. The van der Waals surface area contributed by atoms with Gasteiger partial charge in [-0.3, -0.25) is 14.9 Å². The van der Waals surface area contributed by atoms with Gasteiger partial charge in [-0.2, -0.15) is 0 Å². The highest BCUT2D eigenvalue weighted by Crippen LogP contribution is 2.37. The molecule has 0 radical (unpaired) electrons. The molecule has 2 aromatic rings. The third-order valence-corrected chi connectivity index (χ3v) is 3.13. The Labute approximate surface area is 113 Å². The molecule has 1 aromatic carbocycles. The number of nitrogens with one attached hydrogen (secondary N) is 1. The second kappa shape index (κ2) is 4.48. The summed E-state index contributed by atoms with van der Waals surface area (Å²) in [5.74, 6) is -0.592. The lowest BCUT2D eigenvalue weighted by Crippen LogP contribution is -2.08. The molecule has 0 spiro atoms. The van der Waals surface area contributed by atoms with Crippen LogP contribution in [0.1, 0.15) is 0 Å². The predicted molar refractivity (Wildman–Crippen MR) is 67.9 cm³/mol. The average molecular weight is 304 g/mol. The summed E-state index contributed by atoms with van der Waals surface area (Å²) in [5, 5.41) is 20.6. The lowest BCUT2D eigenvalue weighted by molar-refractivity contribution is -0.389. The van der Waals surface area contributed by atoms with Crippen LogP contribution in [-0.2, 0) is 0 Å². The molecule has 1 heterocycles. The number of aromatic nitrogens is 1. The van der Waals surface area contributed by atoms with Crippen molar-refractivity contribution in [1.82, 2.24) is 4.98 Å². The van der Waals surface area contributed by atoms with Gasteiger partial charge in [-0.1, -0.05) is 23.2 Å². The van der Waals surface area contributed by atoms with Crippen LogP contribution in [0.15, 0.2) is 16.9 Å². The predicted octanol–water partition coefficient (Wildman–Crippen LogP) is 2.65. The molecule has 10 heteroatoms. The largest absolute Gasteiger partial charge is 0.358 e. The normalized spacial score (nSPS) is 10.6. The third kappa shape index (κ3) is 2.11. The summed E-state index contributed by atoms with van der Waals surface area (Å²) < 4.78 is 0. The Morgan fingerprint density at radius 3 is 2.26 bits per heavy atom. The van der Waals surface area contributed by atoms with Crippen LogP contribution in [0, 0.1) is 20.2 Å². The van der Waals surface area contributed by atoms with Crippen LogP contribution in [0.4, 0.5) is 11.5 Å². The van der Waals surface area contributed by atoms with Crippen LogP contribution in [0.3, 0.4) is 0 Å². The first-order chi connectivity index (χ1) is 8.82. The van der Waals surface area contributed by atoms with Crippen LogP contribution in [-0.4, -0.2) is 14.8 Å². The van der Waals surface area contributed by atoms with Gasteiger partial charge in [-0.15, -0.1) is 0 Å². The molecular weight excluding hydrogens is 301 g/mol. The van der Waals surface area contributed by atoms with E-state index in [-0.39, 0.29) is 15.9 Å². The van der Waals surface area contributed by atoms with Crippen molar-refractivity contribution in [3.05, 3.63) is 52.6 Å². The third-order valence-electron chi connectivity index (χ3n) is 2.35. The topological polar surface area (TPSA) is 119 Å². The number of nitrogens with zero attached hydrogens (tertiary/aromatic N) is 2. The Morgan fingerprint density at radius 1 is 1.11 bits per heavy atom. The minimum atomic E-state index is -0.884. The number of aromatic amines is 1. The van der Waals surface area contributed by atoms with Gasteiger partial charge in [0, 0.05) is 6.07 Å². The second-order valence-electron chi connectivity index (χ2n) is 3.48. The lowest BCUT2D eigenvalue weighted by Gasteiger charge is -2.02. The minimum Gasteiger partial charge on any atom is -0.358 e. The van der Waals surface area contributed by atoms with E-state index in [1.807, 2.05) is 0 Å². The van der Waals surface area contributed by atoms with Crippen LogP contribution in [0.5, 0.6) is 0 Å². The molecule has 0 aliphatic carbocycles. The molecule has 0 fully saturated rings. The maximum absolute atomic E-state index is 11.8. The summed E-state index contributed by atoms with van der Waals surface area (Å²) in [6.45, 7) is 0. The summed E-state index contributed by atoms with van der Waals surface area (Å²) in [6, 6.07) is 1.78. The Morgan fingerprint density at radius 2 is 1.74 bits per heavy atom. The molecule has 98 valence electrons. The van der Waals surface area contributed by atoms with Crippen LogP contribution in [0.25, 0.3) is 10.9 Å². The number of rotatable bonds is 2. The zero-order valence-electron chi connectivity index (χ0n) is 8.85. The number of fused-ring (bicyclic) bond motifs is 1. The fraction of sp³-hybridized carbons (Fsp3) is 0. The van der Waals surface area contributed by atoms with E-state index in [1.54, 1.807) is 0 Å². The highest BCUT2D eigenvalue weighted by Gasteiger charge is 2.26. The monoisotopic (exact) mass is 303 g/mol. The molecule has 0 saturated heterocycles. The Bertz CT molecular complexity index is 785. The molecule has 0 saturated carbocycles. The molecule has 0 aliphatic rings. The van der Waals surface area contributed by atoms with E-state index in [0.717, 1.165) is 6.07 Å². The molecule has 1 N–H and O–H groups in total. The number of nitro benzene ring substituents is 1. The van der Waals surface area contributed by atoms with Crippen LogP contribution in [0.2, 0.25) is 10.0 Å². The first-order valence-electron chi connectivity index (χ1n) is 4.66. The van der Waals surface area contributed by atoms with E-state index in [2.05, 4.69) is 4.98 Å². The van der Waals surface area contributed by atoms with Gasteiger partial charge in [0.05, 0.1) is 16.0 Å². The molecule has 0 aliphatic heterocycles. The van der Waals surface area contributed by atoms with Crippen LogP contribution >= 0.6 is 23.2 Å². The van der Waals surface area contributed by atoms with Crippen molar-refractivity contribution in [3.8, 4) is 0 Å². The summed E-state index contributed by atoms with van der Waals surface area (Å²) in [7, 11) is 0. The van der Waals surface area contributed by atoms with E-state index >= 15 is 0 Å². The summed E-state index contributed by atoms with van der Waals surface area (Å²) in [5.41, 5.74) is -1.69. The molecule has 0 unspecified atom stereocenters. The molecule has 8 nitrogen and oxygen atoms in total. The minimum absolute atomic E-state index is 0.125. The Balaban J connectivity index is 3.03. The summed E-state index contributed by atoms with van der Waals surface area (Å²) in [4.78, 5) is 33.9. The SMILES string of the molecule is O=c1cc([N+](=O)[O-])[nH]c2cc(Cl)c(Cl)c([N+](=O)[O-])c12. The van der Waals surface area contributed by atoms with Crippen molar-refractivity contribution in [2.45, 2.75) is 0 Å². The molecule has 0 bridgehead atoms. The Hall–Kier alpha value is -2.19.